The molecule has 2 heterocycles. The van der Waals surface area contributed by atoms with Crippen LogP contribution in [0.2, 0.25) is 0 Å². The second-order valence-corrected chi connectivity index (χ2v) is 5.16. The molecule has 0 radical (unpaired) electrons. The van der Waals surface area contributed by atoms with Gasteiger partial charge in [-0.1, -0.05) is 17.3 Å². The molecule has 2 aliphatic rings. The van der Waals surface area contributed by atoms with Crippen LogP contribution in [0, 0.1) is 0 Å². The largest absolute Gasteiger partial charge is 0.381 e. The first-order valence-electron chi connectivity index (χ1n) is 6.64. The fourth-order valence-electron chi connectivity index (χ4n) is 2.70. The molecule has 0 aromatic carbocycles. The van der Waals surface area contributed by atoms with Gasteiger partial charge in [0, 0.05) is 39.2 Å². The van der Waals surface area contributed by atoms with Gasteiger partial charge in [0.15, 0.2) is 0 Å². The molecule has 1 aromatic rings. The smallest absolute Gasteiger partial charge is 0.233 e. The molecule has 1 aliphatic heterocycles. The molecular formula is C13H19N3O3. The lowest BCUT2D eigenvalue weighted by molar-refractivity contribution is -0.101. The predicted octanol–water partition coefficient (Wildman–Crippen LogP) is 1.09. The van der Waals surface area contributed by atoms with Crippen molar-refractivity contribution < 1.29 is 14.0 Å². The van der Waals surface area contributed by atoms with Crippen LogP contribution in [0.4, 0.5) is 0 Å². The molecular weight excluding hydrogens is 246 g/mol. The number of rotatable bonds is 3. The zero-order chi connectivity index (χ0) is 13.3. The lowest BCUT2D eigenvalue weighted by atomic mass is 9.93. The van der Waals surface area contributed by atoms with Crippen LogP contribution in [0.25, 0.3) is 0 Å². The third-order valence-corrected chi connectivity index (χ3v) is 3.97. The van der Waals surface area contributed by atoms with Crippen LogP contribution in [0.3, 0.4) is 0 Å². The van der Waals surface area contributed by atoms with Gasteiger partial charge in [-0.3, -0.25) is 0 Å². The summed E-state index contributed by atoms with van der Waals surface area (Å²) in [7, 11) is 1.69. The van der Waals surface area contributed by atoms with Gasteiger partial charge >= 0.3 is 0 Å². The Morgan fingerprint density at radius 3 is 2.79 bits per heavy atom. The van der Waals surface area contributed by atoms with Crippen molar-refractivity contribution in [2.45, 2.75) is 36.8 Å². The molecule has 1 aliphatic carbocycles. The highest BCUT2D eigenvalue weighted by molar-refractivity contribution is 5.16. The van der Waals surface area contributed by atoms with Crippen molar-refractivity contribution in [3.63, 3.8) is 0 Å². The van der Waals surface area contributed by atoms with Crippen LogP contribution in [0.5, 0.6) is 0 Å². The van der Waals surface area contributed by atoms with Crippen LogP contribution in [0.1, 0.15) is 36.9 Å². The Labute approximate surface area is 111 Å². The van der Waals surface area contributed by atoms with E-state index in [0.29, 0.717) is 24.9 Å². The number of nitrogens with two attached hydrogens (primary N) is 1. The molecule has 0 spiro atoms. The maximum Gasteiger partial charge on any atom is 0.233 e. The highest BCUT2D eigenvalue weighted by atomic mass is 16.5. The lowest BCUT2D eigenvalue weighted by Gasteiger charge is -2.32. The van der Waals surface area contributed by atoms with Crippen LogP contribution in [-0.4, -0.2) is 36.5 Å². The highest BCUT2D eigenvalue weighted by Crippen LogP contribution is 2.35. The number of hydrogen-bond acceptors (Lipinski definition) is 6. The number of hydrogen-bond donors (Lipinski definition) is 1. The lowest BCUT2D eigenvalue weighted by Crippen LogP contribution is -2.36. The summed E-state index contributed by atoms with van der Waals surface area (Å²) in [6.45, 7) is 1.32. The third-order valence-electron chi connectivity index (χ3n) is 3.97. The van der Waals surface area contributed by atoms with Crippen molar-refractivity contribution in [2.24, 2.45) is 5.73 Å². The van der Waals surface area contributed by atoms with Gasteiger partial charge < -0.3 is 19.7 Å². The topological polar surface area (TPSA) is 83.4 Å². The number of nitrogens with zero attached hydrogens (tertiary/aromatic N) is 2. The van der Waals surface area contributed by atoms with E-state index in [1.54, 1.807) is 7.11 Å². The van der Waals surface area contributed by atoms with E-state index in [0.717, 1.165) is 19.3 Å². The summed E-state index contributed by atoms with van der Waals surface area (Å²) < 4.78 is 16.4. The first-order valence-corrected chi connectivity index (χ1v) is 6.64. The fraction of sp³-hybridized carbons (Fsp3) is 0.692. The SMILES string of the molecule is COC1(c2noc(C3C=CC(N)C3)n2)CCOCC1. The maximum atomic E-state index is 5.85. The van der Waals surface area contributed by atoms with E-state index in [-0.39, 0.29) is 12.0 Å². The molecule has 104 valence electrons. The standard InChI is InChI=1S/C13H19N3O3/c1-17-13(4-6-18-7-5-13)12-15-11(19-16-12)9-2-3-10(14)8-9/h2-3,9-10H,4-8,14H2,1H3. The molecule has 1 fully saturated rings. The molecule has 19 heavy (non-hydrogen) atoms. The number of aromatic nitrogens is 2. The van der Waals surface area contributed by atoms with Crippen molar-refractivity contribution in [1.29, 1.82) is 0 Å². The van der Waals surface area contributed by atoms with Crippen molar-refractivity contribution in [2.75, 3.05) is 20.3 Å². The predicted molar refractivity (Wildman–Crippen MR) is 67.5 cm³/mol. The Hall–Kier alpha value is -1.24. The van der Waals surface area contributed by atoms with Crippen molar-refractivity contribution in [1.82, 2.24) is 10.1 Å². The molecule has 6 nitrogen and oxygen atoms in total. The van der Waals surface area contributed by atoms with Crippen molar-refractivity contribution in [3.8, 4) is 0 Å². The monoisotopic (exact) mass is 265 g/mol. The molecule has 2 N–H and O–H groups in total. The summed E-state index contributed by atoms with van der Waals surface area (Å²) in [5.41, 5.74) is 5.38. The zero-order valence-electron chi connectivity index (χ0n) is 11.0. The van der Waals surface area contributed by atoms with E-state index in [2.05, 4.69) is 10.1 Å². The van der Waals surface area contributed by atoms with Gasteiger partial charge in [-0.15, -0.1) is 0 Å². The van der Waals surface area contributed by atoms with Crippen LogP contribution >= 0.6 is 0 Å². The first kappa shape index (κ1) is 12.8. The van der Waals surface area contributed by atoms with E-state index in [4.69, 9.17) is 19.7 Å². The Morgan fingerprint density at radius 2 is 2.16 bits per heavy atom. The van der Waals surface area contributed by atoms with E-state index >= 15 is 0 Å². The summed E-state index contributed by atoms with van der Waals surface area (Å²) >= 11 is 0. The summed E-state index contributed by atoms with van der Waals surface area (Å²) in [5, 5.41) is 4.11. The quantitative estimate of drug-likeness (QED) is 0.824. The molecule has 1 aromatic heterocycles. The summed E-state index contributed by atoms with van der Waals surface area (Å²) in [6, 6.07) is 0.0832. The molecule has 0 bridgehead atoms. The minimum Gasteiger partial charge on any atom is -0.381 e. The average Bonchev–Trinajstić information content (AvgIpc) is 3.08. The van der Waals surface area contributed by atoms with Crippen LogP contribution in [0.15, 0.2) is 16.7 Å². The first-order chi connectivity index (χ1) is 9.23. The van der Waals surface area contributed by atoms with Gasteiger partial charge in [-0.2, -0.15) is 4.98 Å². The normalized spacial score (nSPS) is 29.8. The molecule has 3 rings (SSSR count). The van der Waals surface area contributed by atoms with Gasteiger partial charge in [0.2, 0.25) is 11.7 Å². The van der Waals surface area contributed by atoms with Gasteiger partial charge in [0.1, 0.15) is 5.60 Å². The number of allylic oxidation sites excluding steroid dienone is 1. The second-order valence-electron chi connectivity index (χ2n) is 5.16. The van der Waals surface area contributed by atoms with E-state index in [1.165, 1.54) is 0 Å². The summed E-state index contributed by atoms with van der Waals surface area (Å²) in [5.74, 6) is 1.38. The maximum absolute atomic E-state index is 5.85. The number of ether oxygens (including phenoxy) is 2. The molecule has 1 saturated heterocycles. The third kappa shape index (κ3) is 2.31. The summed E-state index contributed by atoms with van der Waals surface area (Å²) in [4.78, 5) is 4.53. The highest BCUT2D eigenvalue weighted by Gasteiger charge is 2.39. The minimum atomic E-state index is -0.468. The molecule has 2 unspecified atom stereocenters. The Bertz CT molecular complexity index is 465. The van der Waals surface area contributed by atoms with Crippen LogP contribution in [-0.2, 0) is 15.1 Å². The van der Waals surface area contributed by atoms with Gasteiger partial charge in [-0.25, -0.2) is 0 Å². The van der Waals surface area contributed by atoms with E-state index < -0.39 is 5.60 Å². The van der Waals surface area contributed by atoms with Crippen molar-refractivity contribution in [3.05, 3.63) is 23.9 Å². The van der Waals surface area contributed by atoms with Gasteiger partial charge in [0.05, 0.1) is 5.92 Å². The van der Waals surface area contributed by atoms with Crippen LogP contribution < -0.4 is 5.73 Å². The molecule has 0 saturated carbocycles. The Balaban J connectivity index is 1.82. The average molecular weight is 265 g/mol. The van der Waals surface area contributed by atoms with Gasteiger partial charge in [-0.05, 0) is 6.42 Å². The molecule has 2 atom stereocenters. The molecule has 0 amide bonds. The van der Waals surface area contributed by atoms with Gasteiger partial charge in [0.25, 0.3) is 0 Å². The Kier molecular flexibility index (Phi) is 3.38. The van der Waals surface area contributed by atoms with Crippen molar-refractivity contribution >= 4 is 0 Å². The zero-order valence-corrected chi connectivity index (χ0v) is 11.0. The van der Waals surface area contributed by atoms with E-state index in [1.807, 2.05) is 12.2 Å². The second kappa shape index (κ2) is 5.03. The Morgan fingerprint density at radius 1 is 1.37 bits per heavy atom. The fourth-order valence-corrected chi connectivity index (χ4v) is 2.70. The number of methoxy groups -OCH3 is 1. The van der Waals surface area contributed by atoms with E-state index in [9.17, 15) is 0 Å². The minimum absolute atomic E-state index is 0.0832. The summed E-state index contributed by atoms with van der Waals surface area (Å²) in [6.07, 6.45) is 6.34. The molecule has 6 heteroatoms.